The monoisotopic (exact) mass is 291 g/mol. The van der Waals surface area contributed by atoms with Gasteiger partial charge in [-0.1, -0.05) is 25.1 Å². The van der Waals surface area contributed by atoms with Crippen molar-refractivity contribution in [3.05, 3.63) is 35.4 Å². The first kappa shape index (κ1) is 16.0. The first-order chi connectivity index (χ1) is 10.1. The molecule has 1 saturated carbocycles. The Kier molecular flexibility index (Phi) is 5.37. The van der Waals surface area contributed by atoms with Gasteiger partial charge in [0, 0.05) is 25.3 Å². The second-order valence-electron chi connectivity index (χ2n) is 6.14. The standard InChI is InChI=1S/C17H25NO3/c1-12-9-13(10-19)7-8-16(12)18(2)17(21)15-6-4-3-5-14(15)11-20/h3-6,12-13,16,19-20H,7-11H2,1-2H3. The highest BCUT2D eigenvalue weighted by atomic mass is 16.3. The second-order valence-corrected chi connectivity index (χ2v) is 6.14. The van der Waals surface area contributed by atoms with Crippen molar-refractivity contribution in [3.8, 4) is 0 Å². The smallest absolute Gasteiger partial charge is 0.254 e. The second kappa shape index (κ2) is 7.05. The molecule has 0 spiro atoms. The van der Waals surface area contributed by atoms with Gasteiger partial charge in [-0.2, -0.15) is 0 Å². The number of nitrogens with zero attached hydrogens (tertiary/aromatic N) is 1. The van der Waals surface area contributed by atoms with E-state index in [1.807, 2.05) is 24.1 Å². The number of amides is 1. The zero-order valence-corrected chi connectivity index (χ0v) is 12.8. The fourth-order valence-electron chi connectivity index (χ4n) is 3.44. The maximum atomic E-state index is 12.7. The number of rotatable bonds is 4. The molecule has 4 nitrogen and oxygen atoms in total. The Labute approximate surface area is 126 Å². The topological polar surface area (TPSA) is 60.8 Å². The highest BCUT2D eigenvalue weighted by molar-refractivity contribution is 5.95. The van der Waals surface area contributed by atoms with Gasteiger partial charge in [-0.25, -0.2) is 0 Å². The lowest BCUT2D eigenvalue weighted by molar-refractivity contribution is 0.0532. The highest BCUT2D eigenvalue weighted by Crippen LogP contribution is 2.32. The summed E-state index contributed by atoms with van der Waals surface area (Å²) in [4.78, 5) is 14.5. The summed E-state index contributed by atoms with van der Waals surface area (Å²) < 4.78 is 0. The Hall–Kier alpha value is -1.39. The van der Waals surface area contributed by atoms with Crippen molar-refractivity contribution in [1.82, 2.24) is 4.90 Å². The van der Waals surface area contributed by atoms with E-state index in [9.17, 15) is 15.0 Å². The lowest BCUT2D eigenvalue weighted by atomic mass is 9.78. The molecule has 0 heterocycles. The van der Waals surface area contributed by atoms with Crippen molar-refractivity contribution in [2.75, 3.05) is 13.7 Å². The van der Waals surface area contributed by atoms with Crippen LogP contribution in [0.5, 0.6) is 0 Å². The summed E-state index contributed by atoms with van der Waals surface area (Å²) in [5, 5.41) is 18.7. The lowest BCUT2D eigenvalue weighted by Gasteiger charge is -2.39. The molecule has 0 bridgehead atoms. The fraction of sp³-hybridized carbons (Fsp3) is 0.588. The molecule has 116 valence electrons. The SMILES string of the molecule is CC1CC(CO)CCC1N(C)C(=O)c1ccccc1CO. The summed E-state index contributed by atoms with van der Waals surface area (Å²) in [6.07, 6.45) is 2.85. The molecule has 3 atom stereocenters. The lowest BCUT2D eigenvalue weighted by Crippen LogP contribution is -2.44. The van der Waals surface area contributed by atoms with Gasteiger partial charge >= 0.3 is 0 Å². The highest BCUT2D eigenvalue weighted by Gasteiger charge is 2.32. The molecule has 0 aliphatic heterocycles. The number of hydrogen-bond donors (Lipinski definition) is 2. The van der Waals surface area contributed by atoms with Crippen LogP contribution >= 0.6 is 0 Å². The minimum absolute atomic E-state index is 0.0288. The zero-order chi connectivity index (χ0) is 15.4. The van der Waals surface area contributed by atoms with E-state index in [4.69, 9.17) is 0 Å². The van der Waals surface area contributed by atoms with E-state index >= 15 is 0 Å². The molecule has 1 fully saturated rings. The summed E-state index contributed by atoms with van der Waals surface area (Å²) >= 11 is 0. The zero-order valence-electron chi connectivity index (χ0n) is 12.8. The van der Waals surface area contributed by atoms with Gasteiger partial charge in [-0.05, 0) is 42.7 Å². The number of carbonyl (C=O) groups is 1. The van der Waals surface area contributed by atoms with Crippen LogP contribution in [-0.4, -0.2) is 40.7 Å². The molecule has 0 aromatic heterocycles. The predicted molar refractivity (Wildman–Crippen MR) is 81.8 cm³/mol. The van der Waals surface area contributed by atoms with Crippen LogP contribution in [0.25, 0.3) is 0 Å². The molecule has 3 unspecified atom stereocenters. The molecule has 0 radical (unpaired) electrons. The summed E-state index contributed by atoms with van der Waals surface area (Å²) in [5.41, 5.74) is 1.25. The minimum atomic E-state index is -0.122. The Morgan fingerprint density at radius 1 is 1.29 bits per heavy atom. The van der Waals surface area contributed by atoms with Gasteiger partial charge in [0.2, 0.25) is 0 Å². The molecule has 2 N–H and O–H groups in total. The largest absolute Gasteiger partial charge is 0.396 e. The molecule has 1 aliphatic rings. The van der Waals surface area contributed by atoms with Crippen LogP contribution in [0.15, 0.2) is 24.3 Å². The van der Waals surface area contributed by atoms with Crippen LogP contribution < -0.4 is 0 Å². The van der Waals surface area contributed by atoms with Gasteiger partial charge in [0.1, 0.15) is 0 Å². The molecular weight excluding hydrogens is 266 g/mol. The van der Waals surface area contributed by atoms with Crippen LogP contribution in [0.3, 0.4) is 0 Å². The number of aliphatic hydroxyl groups excluding tert-OH is 2. The van der Waals surface area contributed by atoms with Gasteiger partial charge in [0.25, 0.3) is 5.91 Å². The summed E-state index contributed by atoms with van der Waals surface area (Å²) in [6, 6.07) is 7.41. The Balaban J connectivity index is 2.12. The Morgan fingerprint density at radius 3 is 2.62 bits per heavy atom. The quantitative estimate of drug-likeness (QED) is 0.892. The molecule has 0 saturated heterocycles. The third kappa shape index (κ3) is 3.44. The molecule has 1 aromatic rings. The van der Waals surface area contributed by atoms with Crippen molar-refractivity contribution >= 4 is 5.91 Å². The van der Waals surface area contributed by atoms with Crippen molar-refractivity contribution in [2.45, 2.75) is 38.8 Å². The third-order valence-corrected chi connectivity index (χ3v) is 4.73. The van der Waals surface area contributed by atoms with E-state index in [1.54, 1.807) is 12.1 Å². The molecular formula is C17H25NO3. The van der Waals surface area contributed by atoms with Crippen molar-refractivity contribution < 1.29 is 15.0 Å². The van der Waals surface area contributed by atoms with Crippen molar-refractivity contribution in [1.29, 1.82) is 0 Å². The summed E-state index contributed by atoms with van der Waals surface area (Å²) in [6.45, 7) is 2.26. The molecule has 4 heteroatoms. The van der Waals surface area contributed by atoms with Crippen LogP contribution in [-0.2, 0) is 6.61 Å². The average Bonchev–Trinajstić information content (AvgIpc) is 2.53. The molecule has 1 aliphatic carbocycles. The van der Waals surface area contributed by atoms with Gasteiger partial charge in [-0.15, -0.1) is 0 Å². The van der Waals surface area contributed by atoms with E-state index in [0.717, 1.165) is 19.3 Å². The number of hydrogen-bond acceptors (Lipinski definition) is 3. The first-order valence-electron chi connectivity index (χ1n) is 7.65. The minimum Gasteiger partial charge on any atom is -0.396 e. The maximum absolute atomic E-state index is 12.7. The van der Waals surface area contributed by atoms with E-state index in [2.05, 4.69) is 6.92 Å². The summed E-state index contributed by atoms with van der Waals surface area (Å²) in [5.74, 6) is 0.717. The number of benzene rings is 1. The van der Waals surface area contributed by atoms with E-state index < -0.39 is 0 Å². The maximum Gasteiger partial charge on any atom is 0.254 e. The summed E-state index contributed by atoms with van der Waals surface area (Å²) in [7, 11) is 1.84. The van der Waals surface area contributed by atoms with E-state index in [1.165, 1.54) is 0 Å². The van der Waals surface area contributed by atoms with Gasteiger partial charge in [0.15, 0.2) is 0 Å². The van der Waals surface area contributed by atoms with Crippen molar-refractivity contribution in [3.63, 3.8) is 0 Å². The molecule has 1 amide bonds. The third-order valence-electron chi connectivity index (χ3n) is 4.73. The van der Waals surface area contributed by atoms with Gasteiger partial charge in [-0.3, -0.25) is 4.79 Å². The van der Waals surface area contributed by atoms with Crippen LogP contribution in [0, 0.1) is 11.8 Å². The Morgan fingerprint density at radius 2 is 2.00 bits per heavy atom. The first-order valence-corrected chi connectivity index (χ1v) is 7.65. The molecule has 21 heavy (non-hydrogen) atoms. The van der Waals surface area contributed by atoms with Gasteiger partial charge < -0.3 is 15.1 Å². The van der Waals surface area contributed by atoms with Crippen LogP contribution in [0.2, 0.25) is 0 Å². The fourth-order valence-corrected chi connectivity index (χ4v) is 3.44. The normalized spacial score (nSPS) is 25.6. The van der Waals surface area contributed by atoms with E-state index in [0.29, 0.717) is 23.0 Å². The molecule has 2 rings (SSSR count). The van der Waals surface area contributed by atoms with Crippen LogP contribution in [0.1, 0.15) is 42.1 Å². The average molecular weight is 291 g/mol. The molecule has 1 aromatic carbocycles. The predicted octanol–water partition coefficient (Wildman–Crippen LogP) is 2.05. The van der Waals surface area contributed by atoms with Gasteiger partial charge in [0.05, 0.1) is 6.61 Å². The van der Waals surface area contributed by atoms with Crippen molar-refractivity contribution in [2.24, 2.45) is 11.8 Å². The van der Waals surface area contributed by atoms with E-state index in [-0.39, 0.29) is 25.2 Å². The number of carbonyl (C=O) groups excluding carboxylic acids is 1. The number of aliphatic hydroxyl groups is 2. The Bertz CT molecular complexity index is 489. The van der Waals surface area contributed by atoms with Crippen LogP contribution in [0.4, 0.5) is 0 Å².